The Morgan fingerprint density at radius 2 is 2.00 bits per heavy atom. The van der Waals surface area contributed by atoms with Gasteiger partial charge in [0.25, 0.3) is 5.78 Å². The third-order valence-corrected chi connectivity index (χ3v) is 6.13. The molecule has 0 aromatic heterocycles. The van der Waals surface area contributed by atoms with Crippen molar-refractivity contribution in [2.75, 3.05) is 6.61 Å². The summed E-state index contributed by atoms with van der Waals surface area (Å²) in [5.41, 5.74) is 10.9. The highest BCUT2D eigenvalue weighted by atomic mass is 16.5. The Kier molecular flexibility index (Phi) is 4.14. The first-order chi connectivity index (χ1) is 10.2. The second-order valence-electron chi connectivity index (χ2n) is 6.97. The van der Waals surface area contributed by atoms with E-state index in [9.17, 15) is 9.59 Å². The van der Waals surface area contributed by atoms with Crippen LogP contribution >= 0.6 is 0 Å². The molecule has 0 aliphatic heterocycles. The Balaban J connectivity index is 2.40. The molecule has 1 saturated carbocycles. The van der Waals surface area contributed by atoms with Gasteiger partial charge in [0.05, 0.1) is 6.61 Å². The van der Waals surface area contributed by atoms with Crippen molar-refractivity contribution < 1.29 is 19.1 Å². The van der Waals surface area contributed by atoms with Crippen molar-refractivity contribution in [2.45, 2.75) is 53.9 Å². The molecule has 2 rings (SSSR count). The molecule has 0 amide bonds. The Labute approximate surface area is 131 Å². The molecule has 3 atom stereocenters. The average molecular weight is 304 g/mol. The first-order valence-corrected chi connectivity index (χ1v) is 7.83. The average Bonchev–Trinajstić information content (AvgIpc) is 2.80. The van der Waals surface area contributed by atoms with Crippen LogP contribution in [-0.4, -0.2) is 28.9 Å². The minimum atomic E-state index is -0.844. The lowest BCUT2D eigenvalue weighted by Crippen LogP contribution is -2.42. The first-order valence-electron chi connectivity index (χ1n) is 7.83. The molecule has 0 aromatic rings. The number of hydrogen-bond donors (Lipinski definition) is 0. The minimum absolute atomic E-state index is 0.0245. The third kappa shape index (κ3) is 2.07. The van der Waals surface area contributed by atoms with Crippen molar-refractivity contribution in [3.05, 3.63) is 16.7 Å². The summed E-state index contributed by atoms with van der Waals surface area (Å²) in [4.78, 5) is 27.6. The summed E-state index contributed by atoms with van der Waals surface area (Å²) in [6.45, 7) is 10.3. The largest absolute Gasteiger partial charge is 0.457 e. The molecule has 120 valence electrons. The topological polar surface area (TPSA) is 79.8 Å². The van der Waals surface area contributed by atoms with Crippen LogP contribution in [0.25, 0.3) is 5.53 Å². The number of rotatable bonds is 4. The molecule has 1 fully saturated rings. The number of Topliss-reactive ketones (excluding diaryl/α,β-unsaturated/α-hetero) is 1. The first kappa shape index (κ1) is 16.6. The number of carbonyl (C=O) groups is 2. The van der Waals surface area contributed by atoms with Crippen LogP contribution in [0.4, 0.5) is 0 Å². The van der Waals surface area contributed by atoms with Crippen LogP contribution in [0, 0.1) is 16.7 Å². The SMILES string of the molecule is CCOC(=O)C(=[N+]=[N-])C(=O)[C@@H]1CC[C@@]2(C)CC(C)=C(C)[C@@]12C. The van der Waals surface area contributed by atoms with Gasteiger partial charge in [0.15, 0.2) is 0 Å². The van der Waals surface area contributed by atoms with Gasteiger partial charge in [0.1, 0.15) is 0 Å². The molecule has 2 aliphatic carbocycles. The summed E-state index contributed by atoms with van der Waals surface area (Å²) in [5.74, 6) is -1.59. The van der Waals surface area contributed by atoms with Gasteiger partial charge in [-0.1, -0.05) is 25.0 Å². The maximum absolute atomic E-state index is 12.8. The molecule has 0 bridgehead atoms. The van der Waals surface area contributed by atoms with Crippen LogP contribution in [0.1, 0.15) is 53.9 Å². The van der Waals surface area contributed by atoms with E-state index in [4.69, 9.17) is 10.3 Å². The van der Waals surface area contributed by atoms with E-state index in [1.54, 1.807) is 6.92 Å². The molecule has 0 saturated heterocycles. The maximum atomic E-state index is 12.8. The number of fused-ring (bicyclic) bond motifs is 1. The summed E-state index contributed by atoms with van der Waals surface area (Å²) in [7, 11) is 0. The third-order valence-electron chi connectivity index (χ3n) is 6.13. The zero-order valence-electron chi connectivity index (χ0n) is 14.0. The predicted octanol–water partition coefficient (Wildman–Crippen LogP) is 2.95. The van der Waals surface area contributed by atoms with Crippen molar-refractivity contribution in [3.8, 4) is 0 Å². The van der Waals surface area contributed by atoms with Crippen molar-refractivity contribution in [1.29, 1.82) is 0 Å². The van der Waals surface area contributed by atoms with E-state index in [2.05, 4.69) is 32.5 Å². The molecular formula is C17H24N2O3. The van der Waals surface area contributed by atoms with Gasteiger partial charge in [-0.05, 0) is 45.4 Å². The summed E-state index contributed by atoms with van der Waals surface area (Å²) >= 11 is 0. The fourth-order valence-corrected chi connectivity index (χ4v) is 4.53. The summed E-state index contributed by atoms with van der Waals surface area (Å²) in [6, 6.07) is 0. The van der Waals surface area contributed by atoms with Gasteiger partial charge in [-0.25, -0.2) is 4.79 Å². The van der Waals surface area contributed by atoms with Gasteiger partial charge >= 0.3 is 11.7 Å². The number of ketones is 1. The standard InChI is InChI=1S/C17H24N2O3/c1-6-22-15(21)13(19-18)14(20)12-7-8-16(4)9-10(2)11(3)17(12,16)5/h12H,6-9H2,1-5H3/t12-,16-,17-/m0/s1. The molecule has 0 spiro atoms. The van der Waals surface area contributed by atoms with Gasteiger partial charge in [-0.15, -0.1) is 0 Å². The summed E-state index contributed by atoms with van der Waals surface area (Å²) in [6.07, 6.45) is 2.61. The molecule has 22 heavy (non-hydrogen) atoms. The fraction of sp³-hybridized carbons (Fsp3) is 0.706. The van der Waals surface area contributed by atoms with E-state index in [-0.39, 0.29) is 23.4 Å². The molecule has 0 aromatic carbocycles. The van der Waals surface area contributed by atoms with Gasteiger partial charge < -0.3 is 10.3 Å². The Bertz CT molecular complexity index is 615. The van der Waals surface area contributed by atoms with Crippen LogP contribution in [0.2, 0.25) is 0 Å². The Morgan fingerprint density at radius 3 is 2.55 bits per heavy atom. The van der Waals surface area contributed by atoms with E-state index in [0.717, 1.165) is 12.8 Å². The minimum Gasteiger partial charge on any atom is -0.457 e. The van der Waals surface area contributed by atoms with Crippen molar-refractivity contribution in [2.24, 2.45) is 16.7 Å². The second-order valence-corrected chi connectivity index (χ2v) is 6.97. The second kappa shape index (κ2) is 5.47. The lowest BCUT2D eigenvalue weighted by molar-refractivity contribution is -0.142. The number of hydrogen-bond acceptors (Lipinski definition) is 3. The smallest absolute Gasteiger partial charge is 0.441 e. The quantitative estimate of drug-likeness (QED) is 0.200. The number of esters is 1. The monoisotopic (exact) mass is 304 g/mol. The van der Waals surface area contributed by atoms with Crippen LogP contribution in [0.5, 0.6) is 0 Å². The predicted molar refractivity (Wildman–Crippen MR) is 82.2 cm³/mol. The van der Waals surface area contributed by atoms with Crippen molar-refractivity contribution in [1.82, 2.24) is 0 Å². The summed E-state index contributed by atoms with van der Waals surface area (Å²) < 4.78 is 4.83. The lowest BCUT2D eigenvalue weighted by atomic mass is 9.63. The number of carbonyl (C=O) groups excluding carboxylic acids is 2. The molecule has 0 heterocycles. The van der Waals surface area contributed by atoms with E-state index in [0.29, 0.717) is 6.42 Å². The zero-order valence-corrected chi connectivity index (χ0v) is 14.0. The van der Waals surface area contributed by atoms with E-state index < -0.39 is 17.5 Å². The van der Waals surface area contributed by atoms with E-state index in [1.807, 2.05) is 0 Å². The van der Waals surface area contributed by atoms with Crippen LogP contribution < -0.4 is 0 Å². The number of ether oxygens (including phenoxy) is 1. The van der Waals surface area contributed by atoms with E-state index in [1.165, 1.54) is 11.1 Å². The van der Waals surface area contributed by atoms with Crippen LogP contribution in [0.15, 0.2) is 11.1 Å². The molecular weight excluding hydrogens is 280 g/mol. The fourth-order valence-electron chi connectivity index (χ4n) is 4.53. The highest BCUT2D eigenvalue weighted by molar-refractivity contribution is 6.62. The Hall–Kier alpha value is -1.74. The number of nitrogens with zero attached hydrogens (tertiary/aromatic N) is 2. The van der Waals surface area contributed by atoms with Crippen molar-refractivity contribution >= 4 is 17.5 Å². The van der Waals surface area contributed by atoms with Crippen LogP contribution in [-0.2, 0) is 14.3 Å². The highest BCUT2D eigenvalue weighted by Gasteiger charge is 2.62. The molecule has 5 heteroatoms. The summed E-state index contributed by atoms with van der Waals surface area (Å²) in [5, 5.41) is 0. The number of allylic oxidation sites excluding steroid dienone is 2. The normalized spacial score (nSPS) is 33.4. The molecule has 2 aliphatic rings. The van der Waals surface area contributed by atoms with Gasteiger partial charge in [-0.2, -0.15) is 4.79 Å². The van der Waals surface area contributed by atoms with Crippen LogP contribution in [0.3, 0.4) is 0 Å². The molecule has 0 unspecified atom stereocenters. The van der Waals surface area contributed by atoms with Gasteiger partial charge in [0.2, 0.25) is 0 Å². The van der Waals surface area contributed by atoms with Gasteiger partial charge in [0, 0.05) is 11.3 Å². The lowest BCUT2D eigenvalue weighted by Gasteiger charge is -2.39. The molecule has 0 N–H and O–H groups in total. The van der Waals surface area contributed by atoms with Gasteiger partial charge in [-0.3, -0.25) is 4.79 Å². The van der Waals surface area contributed by atoms with E-state index >= 15 is 0 Å². The van der Waals surface area contributed by atoms with Crippen molar-refractivity contribution in [3.63, 3.8) is 0 Å². The highest BCUT2D eigenvalue weighted by Crippen LogP contribution is 2.67. The maximum Gasteiger partial charge on any atom is 0.441 e. The Morgan fingerprint density at radius 1 is 1.36 bits per heavy atom. The molecule has 0 radical (unpaired) electrons. The zero-order chi connectivity index (χ0) is 16.7. The molecule has 5 nitrogen and oxygen atoms in total.